The smallest absolute Gasteiger partial charge is 0.257 e. The van der Waals surface area contributed by atoms with Crippen molar-refractivity contribution in [2.45, 2.75) is 19.9 Å². The van der Waals surface area contributed by atoms with E-state index in [2.05, 4.69) is 32.0 Å². The van der Waals surface area contributed by atoms with E-state index in [1.54, 1.807) is 35.3 Å². The van der Waals surface area contributed by atoms with E-state index in [1.165, 1.54) is 0 Å². The Morgan fingerprint density at radius 1 is 1.23 bits per heavy atom. The number of aryl methyl sites for hydroxylation is 1. The molecule has 26 heavy (non-hydrogen) atoms. The summed E-state index contributed by atoms with van der Waals surface area (Å²) in [6.45, 7) is 3.04. The fraction of sp³-hybridized carbons (Fsp3) is 0.158. The number of pyridine rings is 1. The van der Waals surface area contributed by atoms with Crippen molar-refractivity contribution in [3.63, 3.8) is 0 Å². The number of anilines is 1. The monoisotopic (exact) mass is 346 g/mol. The minimum absolute atomic E-state index is 0.186. The average Bonchev–Trinajstić information content (AvgIpc) is 3.30. The Labute approximate surface area is 150 Å². The lowest BCUT2D eigenvalue weighted by Crippen LogP contribution is -2.12. The third-order valence-corrected chi connectivity index (χ3v) is 4.11. The predicted octanol–water partition coefficient (Wildman–Crippen LogP) is 3.26. The molecule has 0 unspecified atom stereocenters. The number of nitrogens with zero attached hydrogens (tertiary/aromatic N) is 5. The maximum absolute atomic E-state index is 12.6. The molecule has 0 radical (unpaired) electrons. The average molecular weight is 346 g/mol. The van der Waals surface area contributed by atoms with E-state index in [0.717, 1.165) is 30.0 Å². The summed E-state index contributed by atoms with van der Waals surface area (Å²) < 4.78 is 3.83. The van der Waals surface area contributed by atoms with Gasteiger partial charge in [0.25, 0.3) is 5.91 Å². The molecule has 1 N–H and O–H groups in total. The van der Waals surface area contributed by atoms with Crippen LogP contribution >= 0.6 is 0 Å². The molecular weight excluding hydrogens is 328 g/mol. The van der Waals surface area contributed by atoms with Gasteiger partial charge in [0.15, 0.2) is 5.65 Å². The quantitative estimate of drug-likeness (QED) is 0.602. The third-order valence-electron chi connectivity index (χ3n) is 4.11. The molecule has 0 saturated carbocycles. The topological polar surface area (TPSA) is 77.1 Å². The highest BCUT2D eigenvalue weighted by Gasteiger charge is 2.10. The van der Waals surface area contributed by atoms with E-state index in [0.29, 0.717) is 11.2 Å². The van der Waals surface area contributed by atoms with Crippen LogP contribution in [0.3, 0.4) is 0 Å². The summed E-state index contributed by atoms with van der Waals surface area (Å²) >= 11 is 0. The maximum atomic E-state index is 12.6. The van der Waals surface area contributed by atoms with Crippen molar-refractivity contribution in [1.29, 1.82) is 0 Å². The summed E-state index contributed by atoms with van der Waals surface area (Å²) in [5.41, 5.74) is 2.93. The fourth-order valence-electron chi connectivity index (χ4n) is 2.89. The Balaban J connectivity index is 1.58. The van der Waals surface area contributed by atoms with E-state index in [1.807, 2.05) is 30.5 Å². The lowest BCUT2D eigenvalue weighted by Gasteiger charge is -2.09. The molecule has 4 aromatic rings. The number of hydrogen-bond donors (Lipinski definition) is 1. The van der Waals surface area contributed by atoms with E-state index < -0.39 is 0 Å². The summed E-state index contributed by atoms with van der Waals surface area (Å²) in [7, 11) is 0. The fourth-order valence-corrected chi connectivity index (χ4v) is 2.89. The number of imidazole rings is 1. The van der Waals surface area contributed by atoms with Gasteiger partial charge in [0.05, 0.1) is 5.56 Å². The van der Waals surface area contributed by atoms with Gasteiger partial charge in [0.1, 0.15) is 12.2 Å². The van der Waals surface area contributed by atoms with Crippen LogP contribution in [-0.4, -0.2) is 30.1 Å². The number of benzene rings is 1. The molecule has 0 atom stereocenters. The van der Waals surface area contributed by atoms with E-state index in [4.69, 9.17) is 0 Å². The summed E-state index contributed by atoms with van der Waals surface area (Å²) in [5, 5.41) is 10.7. The largest absolute Gasteiger partial charge is 0.331 e. The van der Waals surface area contributed by atoms with Crippen LogP contribution in [0, 0.1) is 0 Å². The summed E-state index contributed by atoms with van der Waals surface area (Å²) in [5.74, 6) is 0.712. The first kappa shape index (κ1) is 16.0. The van der Waals surface area contributed by atoms with Gasteiger partial charge in [-0.3, -0.25) is 9.20 Å². The van der Waals surface area contributed by atoms with Gasteiger partial charge in [-0.2, -0.15) is 0 Å². The van der Waals surface area contributed by atoms with Crippen LogP contribution in [0.15, 0.2) is 61.3 Å². The van der Waals surface area contributed by atoms with Gasteiger partial charge in [0.2, 0.25) is 0 Å². The second kappa shape index (κ2) is 6.79. The number of carbonyl (C=O) groups excluding carboxylic acids is 1. The van der Waals surface area contributed by atoms with Crippen LogP contribution in [-0.2, 0) is 6.54 Å². The van der Waals surface area contributed by atoms with Gasteiger partial charge in [-0.15, -0.1) is 10.2 Å². The Morgan fingerprint density at radius 3 is 3.04 bits per heavy atom. The molecule has 7 heteroatoms. The van der Waals surface area contributed by atoms with Crippen molar-refractivity contribution >= 4 is 17.2 Å². The van der Waals surface area contributed by atoms with Gasteiger partial charge in [-0.25, -0.2) is 4.98 Å². The van der Waals surface area contributed by atoms with E-state index >= 15 is 0 Å². The molecule has 1 amide bonds. The van der Waals surface area contributed by atoms with Gasteiger partial charge < -0.3 is 9.88 Å². The van der Waals surface area contributed by atoms with Crippen molar-refractivity contribution in [2.75, 3.05) is 5.32 Å². The molecule has 3 heterocycles. The Bertz CT molecular complexity index is 1060. The second-order valence-corrected chi connectivity index (χ2v) is 5.99. The van der Waals surface area contributed by atoms with Gasteiger partial charge in [-0.1, -0.05) is 19.1 Å². The van der Waals surface area contributed by atoms with Crippen LogP contribution in [0.2, 0.25) is 0 Å². The van der Waals surface area contributed by atoms with Gasteiger partial charge in [-0.05, 0) is 30.7 Å². The standard InChI is InChI=1S/C19H18N6O/c1-2-9-24-10-8-20-18(24)14-4-3-5-16(11-14)22-19(26)15-6-7-17-23-21-13-25(17)12-15/h3-8,10-13H,2,9H2,1H3,(H,22,26). The Hall–Kier alpha value is -3.48. The van der Waals surface area contributed by atoms with Gasteiger partial charge >= 0.3 is 0 Å². The van der Waals surface area contributed by atoms with Crippen molar-refractivity contribution in [3.05, 3.63) is 66.9 Å². The lowest BCUT2D eigenvalue weighted by atomic mass is 10.1. The minimum Gasteiger partial charge on any atom is -0.331 e. The molecule has 0 saturated heterocycles. The Kier molecular flexibility index (Phi) is 4.18. The number of rotatable bonds is 5. The number of aromatic nitrogens is 5. The van der Waals surface area contributed by atoms with E-state index in [-0.39, 0.29) is 5.91 Å². The molecule has 0 fully saturated rings. The molecule has 130 valence electrons. The highest BCUT2D eigenvalue weighted by molar-refractivity contribution is 6.04. The number of hydrogen-bond acceptors (Lipinski definition) is 4. The van der Waals surface area contributed by atoms with Crippen LogP contribution in [0.25, 0.3) is 17.0 Å². The molecule has 0 aliphatic rings. The molecule has 4 rings (SSSR count). The molecule has 0 bridgehead atoms. The third kappa shape index (κ3) is 3.06. The van der Waals surface area contributed by atoms with E-state index in [9.17, 15) is 4.79 Å². The van der Waals surface area contributed by atoms with Gasteiger partial charge in [0, 0.05) is 36.4 Å². The van der Waals surface area contributed by atoms with Crippen LogP contribution in [0.5, 0.6) is 0 Å². The first-order valence-electron chi connectivity index (χ1n) is 8.47. The Morgan fingerprint density at radius 2 is 2.15 bits per heavy atom. The normalized spacial score (nSPS) is 11.0. The number of amides is 1. The maximum Gasteiger partial charge on any atom is 0.257 e. The van der Waals surface area contributed by atoms with Crippen LogP contribution < -0.4 is 5.32 Å². The van der Waals surface area contributed by atoms with Crippen LogP contribution in [0.4, 0.5) is 5.69 Å². The van der Waals surface area contributed by atoms with Crippen molar-refractivity contribution < 1.29 is 4.79 Å². The SMILES string of the molecule is CCCn1ccnc1-c1cccc(NC(=O)c2ccc3nncn3c2)c1. The summed E-state index contributed by atoms with van der Waals surface area (Å²) in [4.78, 5) is 17.0. The summed E-state index contributed by atoms with van der Waals surface area (Å²) in [6, 6.07) is 11.2. The molecule has 1 aromatic carbocycles. The van der Waals surface area contributed by atoms with Crippen molar-refractivity contribution in [1.82, 2.24) is 24.1 Å². The zero-order chi connectivity index (χ0) is 17.9. The molecule has 3 aromatic heterocycles. The molecular formula is C19H18N6O. The lowest BCUT2D eigenvalue weighted by molar-refractivity contribution is 0.102. The number of fused-ring (bicyclic) bond motifs is 1. The highest BCUT2D eigenvalue weighted by Crippen LogP contribution is 2.22. The van der Waals surface area contributed by atoms with Crippen LogP contribution in [0.1, 0.15) is 23.7 Å². The zero-order valence-electron chi connectivity index (χ0n) is 14.3. The molecule has 0 spiro atoms. The predicted molar refractivity (Wildman–Crippen MR) is 98.9 cm³/mol. The van der Waals surface area contributed by atoms with Crippen molar-refractivity contribution in [3.8, 4) is 11.4 Å². The number of nitrogens with one attached hydrogen (secondary N) is 1. The minimum atomic E-state index is -0.186. The second-order valence-electron chi connectivity index (χ2n) is 5.99. The number of carbonyl (C=O) groups is 1. The zero-order valence-corrected chi connectivity index (χ0v) is 14.3. The van der Waals surface area contributed by atoms with Crippen molar-refractivity contribution in [2.24, 2.45) is 0 Å². The molecule has 0 aliphatic carbocycles. The summed E-state index contributed by atoms with van der Waals surface area (Å²) in [6.07, 6.45) is 8.08. The first-order chi connectivity index (χ1) is 12.7. The molecule has 0 aliphatic heterocycles. The highest BCUT2D eigenvalue weighted by atomic mass is 16.1. The first-order valence-corrected chi connectivity index (χ1v) is 8.47. The molecule has 7 nitrogen and oxygen atoms in total.